The van der Waals surface area contributed by atoms with E-state index in [0.717, 1.165) is 35.2 Å². The van der Waals surface area contributed by atoms with Crippen molar-refractivity contribution in [2.75, 3.05) is 10.8 Å². The summed E-state index contributed by atoms with van der Waals surface area (Å²) in [6.45, 7) is 6.24. The topological polar surface area (TPSA) is 50.3 Å². The van der Waals surface area contributed by atoms with Crippen LogP contribution in [0.15, 0.2) is 29.3 Å². The number of sulfonamides is 1. The Kier molecular flexibility index (Phi) is 4.10. The van der Waals surface area contributed by atoms with E-state index in [9.17, 15) is 8.42 Å². The number of fused-ring (bicyclic) bond motifs is 1. The fraction of sp³-hybridized carbons (Fsp3) is 0.353. The zero-order valence-corrected chi connectivity index (χ0v) is 15.0. The van der Waals surface area contributed by atoms with Gasteiger partial charge in [-0.2, -0.15) is 0 Å². The number of halogens is 1. The Bertz CT molecular complexity index is 878. The predicted molar refractivity (Wildman–Crippen MR) is 92.8 cm³/mol. The van der Waals surface area contributed by atoms with E-state index in [-0.39, 0.29) is 4.90 Å². The molecule has 0 aliphatic carbocycles. The summed E-state index contributed by atoms with van der Waals surface area (Å²) in [5.74, 6) is 0. The molecule has 0 saturated carbocycles. The number of aryl methyl sites for hydroxylation is 4. The van der Waals surface area contributed by atoms with Crippen LogP contribution in [-0.4, -0.2) is 19.9 Å². The first-order valence-corrected chi connectivity index (χ1v) is 9.37. The molecule has 1 aliphatic rings. The van der Waals surface area contributed by atoms with E-state index in [4.69, 9.17) is 11.6 Å². The van der Waals surface area contributed by atoms with Crippen molar-refractivity contribution >= 4 is 27.3 Å². The number of hydrogen-bond acceptors (Lipinski definition) is 3. The zero-order valence-electron chi connectivity index (χ0n) is 13.4. The summed E-state index contributed by atoms with van der Waals surface area (Å²) in [5, 5.41) is 0.329. The molecule has 2 heterocycles. The largest absolute Gasteiger partial charge is 0.266 e. The molecule has 0 N–H and O–H groups in total. The summed E-state index contributed by atoms with van der Waals surface area (Å²) < 4.78 is 27.7. The highest BCUT2D eigenvalue weighted by Crippen LogP contribution is 2.35. The Morgan fingerprint density at radius 3 is 2.57 bits per heavy atom. The van der Waals surface area contributed by atoms with Gasteiger partial charge in [-0.25, -0.2) is 13.4 Å². The molecule has 2 aromatic rings. The van der Waals surface area contributed by atoms with Crippen molar-refractivity contribution in [3.05, 3.63) is 51.8 Å². The van der Waals surface area contributed by atoms with Crippen molar-refractivity contribution < 1.29 is 8.42 Å². The van der Waals surface area contributed by atoms with Gasteiger partial charge in [0.15, 0.2) is 0 Å². The fourth-order valence-corrected chi connectivity index (χ4v) is 4.90. The third kappa shape index (κ3) is 2.83. The second-order valence-corrected chi connectivity index (χ2v) is 8.27. The molecule has 3 rings (SSSR count). The van der Waals surface area contributed by atoms with Crippen molar-refractivity contribution in [1.29, 1.82) is 0 Å². The number of pyridine rings is 1. The fourth-order valence-electron chi connectivity index (χ4n) is 3.16. The van der Waals surface area contributed by atoms with Crippen LogP contribution in [-0.2, 0) is 16.4 Å². The average molecular weight is 351 g/mol. The first kappa shape index (κ1) is 16.3. The van der Waals surface area contributed by atoms with Crippen LogP contribution in [0, 0.1) is 20.8 Å². The molecule has 23 heavy (non-hydrogen) atoms. The van der Waals surface area contributed by atoms with Gasteiger partial charge in [-0.05, 0) is 56.4 Å². The molecule has 0 amide bonds. The average Bonchev–Trinajstić information content (AvgIpc) is 2.49. The number of aromatic nitrogens is 1. The van der Waals surface area contributed by atoms with E-state index in [1.165, 1.54) is 10.5 Å². The smallest absolute Gasteiger partial charge is 0.265 e. The van der Waals surface area contributed by atoms with Crippen LogP contribution >= 0.6 is 11.6 Å². The van der Waals surface area contributed by atoms with Gasteiger partial charge in [0.1, 0.15) is 10.0 Å². The first-order valence-electron chi connectivity index (χ1n) is 7.55. The van der Waals surface area contributed by atoms with Gasteiger partial charge >= 0.3 is 0 Å². The number of benzene rings is 1. The molecular formula is C17H19ClN2O2S. The van der Waals surface area contributed by atoms with Gasteiger partial charge in [-0.15, -0.1) is 0 Å². The van der Waals surface area contributed by atoms with Crippen molar-refractivity contribution in [3.8, 4) is 0 Å². The molecule has 0 atom stereocenters. The third-order valence-corrected chi connectivity index (χ3v) is 6.32. The summed E-state index contributed by atoms with van der Waals surface area (Å²) in [7, 11) is -3.64. The molecule has 6 heteroatoms. The van der Waals surface area contributed by atoms with E-state index in [1.807, 2.05) is 19.9 Å². The van der Waals surface area contributed by atoms with Crippen LogP contribution < -0.4 is 4.31 Å². The van der Waals surface area contributed by atoms with Crippen molar-refractivity contribution in [3.63, 3.8) is 0 Å². The van der Waals surface area contributed by atoms with Gasteiger partial charge in [0, 0.05) is 12.7 Å². The van der Waals surface area contributed by atoms with E-state index >= 15 is 0 Å². The normalized spacial score (nSPS) is 14.7. The van der Waals surface area contributed by atoms with Crippen LogP contribution in [0.25, 0.3) is 0 Å². The molecule has 0 unspecified atom stereocenters. The third-order valence-electron chi connectivity index (χ3n) is 4.16. The van der Waals surface area contributed by atoms with Gasteiger partial charge < -0.3 is 0 Å². The minimum absolute atomic E-state index is 0.187. The molecule has 1 aromatic heterocycles. The van der Waals surface area contributed by atoms with E-state index in [0.29, 0.717) is 17.3 Å². The van der Waals surface area contributed by atoms with Gasteiger partial charge in [-0.3, -0.25) is 4.31 Å². The second-order valence-electron chi connectivity index (χ2n) is 6.05. The van der Waals surface area contributed by atoms with Crippen LogP contribution in [0.3, 0.4) is 0 Å². The maximum absolute atomic E-state index is 13.1. The van der Waals surface area contributed by atoms with Crippen molar-refractivity contribution in [1.82, 2.24) is 4.98 Å². The molecule has 4 nitrogen and oxygen atoms in total. The van der Waals surface area contributed by atoms with Crippen LogP contribution in [0.2, 0.25) is 5.15 Å². The Labute approximate surface area is 142 Å². The number of rotatable bonds is 2. The molecule has 0 saturated heterocycles. The van der Waals surface area contributed by atoms with Gasteiger partial charge in [0.05, 0.1) is 5.69 Å². The minimum atomic E-state index is -3.64. The second kappa shape index (κ2) is 5.80. The standard InChI is InChI=1S/C17H19ClN2O2S/c1-11-7-12(2)16-14(8-11)5-4-6-20(16)23(21,22)15-9-13(3)17(18)19-10-15/h7-10H,4-6H2,1-3H3. The van der Waals surface area contributed by atoms with Crippen molar-refractivity contribution in [2.24, 2.45) is 0 Å². The number of nitrogens with zero attached hydrogens (tertiary/aromatic N) is 2. The number of hydrogen-bond donors (Lipinski definition) is 0. The van der Waals surface area contributed by atoms with Gasteiger partial charge in [-0.1, -0.05) is 29.3 Å². The quantitative estimate of drug-likeness (QED) is 0.774. The summed E-state index contributed by atoms with van der Waals surface area (Å²) in [6.07, 6.45) is 3.05. The maximum atomic E-state index is 13.1. The van der Waals surface area contributed by atoms with Crippen LogP contribution in [0.5, 0.6) is 0 Å². The molecule has 0 bridgehead atoms. The summed E-state index contributed by atoms with van der Waals surface area (Å²) in [5.41, 5.74) is 4.71. The Morgan fingerprint density at radius 2 is 1.87 bits per heavy atom. The predicted octanol–water partition coefficient (Wildman–Crippen LogP) is 3.80. The summed E-state index contributed by atoms with van der Waals surface area (Å²) in [4.78, 5) is 4.18. The lowest BCUT2D eigenvalue weighted by molar-refractivity contribution is 0.586. The highest BCUT2D eigenvalue weighted by atomic mass is 35.5. The molecule has 0 spiro atoms. The SMILES string of the molecule is Cc1cc(C)c2c(c1)CCCN2S(=O)(=O)c1cnc(Cl)c(C)c1. The Morgan fingerprint density at radius 1 is 1.13 bits per heavy atom. The summed E-state index contributed by atoms with van der Waals surface area (Å²) in [6, 6.07) is 5.69. The van der Waals surface area contributed by atoms with E-state index < -0.39 is 10.0 Å². The highest BCUT2D eigenvalue weighted by molar-refractivity contribution is 7.92. The molecule has 1 aliphatic heterocycles. The minimum Gasteiger partial charge on any atom is -0.266 e. The summed E-state index contributed by atoms with van der Waals surface area (Å²) >= 11 is 5.92. The lowest BCUT2D eigenvalue weighted by Gasteiger charge is -2.32. The Hall–Kier alpha value is -1.59. The zero-order chi connectivity index (χ0) is 16.8. The molecule has 1 aromatic carbocycles. The molecule has 0 radical (unpaired) electrons. The monoisotopic (exact) mass is 350 g/mol. The lowest BCUT2D eigenvalue weighted by Crippen LogP contribution is -2.36. The van der Waals surface area contributed by atoms with E-state index in [1.54, 1.807) is 13.0 Å². The molecule has 122 valence electrons. The highest BCUT2D eigenvalue weighted by Gasteiger charge is 2.31. The van der Waals surface area contributed by atoms with Crippen molar-refractivity contribution in [2.45, 2.75) is 38.5 Å². The van der Waals surface area contributed by atoms with Gasteiger partial charge in [0.25, 0.3) is 10.0 Å². The molecule has 0 fully saturated rings. The lowest BCUT2D eigenvalue weighted by atomic mass is 9.97. The number of anilines is 1. The van der Waals surface area contributed by atoms with Crippen LogP contribution in [0.4, 0.5) is 5.69 Å². The van der Waals surface area contributed by atoms with Gasteiger partial charge in [0.2, 0.25) is 0 Å². The Balaban J connectivity index is 2.14. The maximum Gasteiger partial charge on any atom is 0.265 e. The molecular weight excluding hydrogens is 332 g/mol. The van der Waals surface area contributed by atoms with E-state index in [2.05, 4.69) is 11.1 Å². The van der Waals surface area contributed by atoms with Crippen LogP contribution in [0.1, 0.15) is 28.7 Å². The first-order chi connectivity index (χ1) is 10.8.